The molecule has 1 atom stereocenters. The predicted molar refractivity (Wildman–Crippen MR) is 71.6 cm³/mol. The summed E-state index contributed by atoms with van der Waals surface area (Å²) in [6, 6.07) is 4.58. The quantitative estimate of drug-likeness (QED) is 0.834. The number of halogens is 1. The zero-order chi connectivity index (χ0) is 12.5. The van der Waals surface area contributed by atoms with Gasteiger partial charge in [0.15, 0.2) is 0 Å². The van der Waals surface area contributed by atoms with Crippen LogP contribution in [-0.4, -0.2) is 36.5 Å². The first-order valence-corrected chi connectivity index (χ1v) is 7.32. The molecule has 0 saturated carbocycles. The zero-order valence-electron chi connectivity index (χ0n) is 9.99. The predicted octanol–water partition coefficient (Wildman–Crippen LogP) is 1.42. The molecule has 0 bridgehead atoms. The van der Waals surface area contributed by atoms with Gasteiger partial charge in [-0.2, -0.15) is 11.8 Å². The lowest BCUT2D eigenvalue weighted by molar-refractivity contribution is -0.120. The third kappa shape index (κ3) is 2.12. The molecule has 5 heteroatoms. The van der Waals surface area contributed by atoms with E-state index >= 15 is 0 Å². The number of hydrogen-bond donors (Lipinski definition) is 1. The SMILES string of the molecule is O=C(C1CSCCN1)N1CCc2ccc(F)cc21. The lowest BCUT2D eigenvalue weighted by Gasteiger charge is -2.27. The Bertz CT molecular complexity index is 474. The van der Waals surface area contributed by atoms with Gasteiger partial charge in [0.05, 0.1) is 6.04 Å². The lowest BCUT2D eigenvalue weighted by Crippen LogP contribution is -2.50. The highest BCUT2D eigenvalue weighted by atomic mass is 32.2. The van der Waals surface area contributed by atoms with Gasteiger partial charge in [0.2, 0.25) is 5.91 Å². The molecule has 18 heavy (non-hydrogen) atoms. The molecule has 0 aliphatic carbocycles. The van der Waals surface area contributed by atoms with Crippen LogP contribution in [0.2, 0.25) is 0 Å². The Hall–Kier alpha value is -1.07. The maximum absolute atomic E-state index is 13.3. The highest BCUT2D eigenvalue weighted by molar-refractivity contribution is 7.99. The summed E-state index contributed by atoms with van der Waals surface area (Å²) in [5.41, 5.74) is 1.81. The van der Waals surface area contributed by atoms with Crippen molar-refractivity contribution < 1.29 is 9.18 Å². The van der Waals surface area contributed by atoms with Crippen LogP contribution in [0, 0.1) is 5.82 Å². The van der Waals surface area contributed by atoms with Crippen LogP contribution in [0.15, 0.2) is 18.2 Å². The van der Waals surface area contributed by atoms with Gasteiger partial charge in [-0.3, -0.25) is 4.79 Å². The largest absolute Gasteiger partial charge is 0.310 e. The summed E-state index contributed by atoms with van der Waals surface area (Å²) in [5.74, 6) is 1.65. The number of anilines is 1. The van der Waals surface area contributed by atoms with E-state index in [1.807, 2.05) is 0 Å². The van der Waals surface area contributed by atoms with Crippen LogP contribution >= 0.6 is 11.8 Å². The van der Waals surface area contributed by atoms with Crippen molar-refractivity contribution in [1.82, 2.24) is 5.32 Å². The fourth-order valence-corrected chi connectivity index (χ4v) is 3.42. The van der Waals surface area contributed by atoms with Crippen LogP contribution in [0.25, 0.3) is 0 Å². The Labute approximate surface area is 110 Å². The van der Waals surface area contributed by atoms with E-state index in [9.17, 15) is 9.18 Å². The summed E-state index contributed by atoms with van der Waals surface area (Å²) in [4.78, 5) is 14.1. The average molecular weight is 266 g/mol. The second-order valence-electron chi connectivity index (χ2n) is 4.59. The van der Waals surface area contributed by atoms with E-state index in [-0.39, 0.29) is 17.8 Å². The van der Waals surface area contributed by atoms with Gasteiger partial charge in [0.25, 0.3) is 0 Å². The molecule has 2 aliphatic rings. The van der Waals surface area contributed by atoms with E-state index in [0.717, 1.165) is 35.7 Å². The van der Waals surface area contributed by atoms with Gasteiger partial charge in [-0.15, -0.1) is 0 Å². The molecule has 2 aliphatic heterocycles. The van der Waals surface area contributed by atoms with Crippen LogP contribution in [0.3, 0.4) is 0 Å². The van der Waals surface area contributed by atoms with Crippen LogP contribution in [0.5, 0.6) is 0 Å². The Balaban J connectivity index is 1.82. The number of hydrogen-bond acceptors (Lipinski definition) is 3. The van der Waals surface area contributed by atoms with E-state index in [1.165, 1.54) is 12.1 Å². The van der Waals surface area contributed by atoms with E-state index < -0.39 is 0 Å². The van der Waals surface area contributed by atoms with Gasteiger partial charge in [0.1, 0.15) is 5.82 Å². The molecule has 1 unspecified atom stereocenters. The highest BCUT2D eigenvalue weighted by Crippen LogP contribution is 2.29. The molecule has 3 nitrogen and oxygen atoms in total. The first-order chi connectivity index (χ1) is 8.75. The molecule has 1 aromatic rings. The Morgan fingerprint density at radius 3 is 3.17 bits per heavy atom. The van der Waals surface area contributed by atoms with Crippen molar-refractivity contribution in [2.75, 3.05) is 29.5 Å². The summed E-state index contributed by atoms with van der Waals surface area (Å²) < 4.78 is 13.3. The van der Waals surface area contributed by atoms with Crippen LogP contribution in [-0.2, 0) is 11.2 Å². The summed E-state index contributed by atoms with van der Waals surface area (Å²) in [6.45, 7) is 1.53. The van der Waals surface area contributed by atoms with Crippen molar-refractivity contribution in [2.24, 2.45) is 0 Å². The lowest BCUT2D eigenvalue weighted by atomic mass is 10.1. The van der Waals surface area contributed by atoms with Gasteiger partial charge in [-0.05, 0) is 24.1 Å². The van der Waals surface area contributed by atoms with Crippen molar-refractivity contribution in [3.05, 3.63) is 29.6 Å². The number of thioether (sulfide) groups is 1. The van der Waals surface area contributed by atoms with Crippen LogP contribution in [0.4, 0.5) is 10.1 Å². The van der Waals surface area contributed by atoms with Gasteiger partial charge < -0.3 is 10.2 Å². The Morgan fingerprint density at radius 2 is 2.39 bits per heavy atom. The Morgan fingerprint density at radius 1 is 1.50 bits per heavy atom. The van der Waals surface area contributed by atoms with Gasteiger partial charge >= 0.3 is 0 Å². The molecule has 1 amide bonds. The standard InChI is InChI=1S/C13H15FN2OS/c14-10-2-1-9-3-5-16(12(9)7-10)13(17)11-8-18-6-4-15-11/h1-2,7,11,15H,3-6,8H2. The summed E-state index contributed by atoms with van der Waals surface area (Å²) in [7, 11) is 0. The first-order valence-electron chi connectivity index (χ1n) is 6.16. The minimum atomic E-state index is -0.278. The molecule has 1 fully saturated rings. The number of nitrogens with zero attached hydrogens (tertiary/aromatic N) is 1. The third-order valence-electron chi connectivity index (χ3n) is 3.43. The fourth-order valence-electron chi connectivity index (χ4n) is 2.49. The van der Waals surface area contributed by atoms with Crippen molar-refractivity contribution in [3.63, 3.8) is 0 Å². The molecule has 1 N–H and O–H groups in total. The van der Waals surface area contributed by atoms with Gasteiger partial charge in [-0.1, -0.05) is 6.07 Å². The number of nitrogens with one attached hydrogen (secondary N) is 1. The van der Waals surface area contributed by atoms with Crippen molar-refractivity contribution >= 4 is 23.4 Å². The second-order valence-corrected chi connectivity index (χ2v) is 5.74. The maximum Gasteiger partial charge on any atom is 0.244 e. The van der Waals surface area contributed by atoms with Crippen LogP contribution < -0.4 is 10.2 Å². The molecule has 2 heterocycles. The topological polar surface area (TPSA) is 32.3 Å². The fraction of sp³-hybridized carbons (Fsp3) is 0.462. The number of amides is 1. The second kappa shape index (κ2) is 4.90. The molecular formula is C13H15FN2OS. The molecule has 96 valence electrons. The van der Waals surface area contributed by atoms with E-state index in [2.05, 4.69) is 5.32 Å². The number of fused-ring (bicyclic) bond motifs is 1. The van der Waals surface area contributed by atoms with E-state index in [0.29, 0.717) is 6.54 Å². The molecule has 0 spiro atoms. The number of benzene rings is 1. The monoisotopic (exact) mass is 266 g/mol. The molecular weight excluding hydrogens is 251 g/mol. The van der Waals surface area contributed by atoms with Gasteiger partial charge in [0, 0.05) is 30.3 Å². The molecule has 0 radical (unpaired) electrons. The molecule has 1 aromatic carbocycles. The minimum Gasteiger partial charge on any atom is -0.310 e. The smallest absolute Gasteiger partial charge is 0.244 e. The number of carbonyl (C=O) groups excluding carboxylic acids is 1. The average Bonchev–Trinajstić information content (AvgIpc) is 2.82. The zero-order valence-corrected chi connectivity index (χ0v) is 10.8. The number of carbonyl (C=O) groups is 1. The third-order valence-corrected chi connectivity index (χ3v) is 4.49. The highest BCUT2D eigenvalue weighted by Gasteiger charge is 2.31. The minimum absolute atomic E-state index is 0.0755. The Kier molecular flexibility index (Phi) is 3.26. The molecule has 1 saturated heterocycles. The molecule has 3 rings (SSSR count). The number of rotatable bonds is 1. The summed E-state index contributed by atoms with van der Waals surface area (Å²) in [5, 5.41) is 3.24. The molecule has 0 aromatic heterocycles. The maximum atomic E-state index is 13.3. The summed E-state index contributed by atoms with van der Waals surface area (Å²) >= 11 is 1.79. The normalized spacial score (nSPS) is 22.9. The van der Waals surface area contributed by atoms with Crippen molar-refractivity contribution in [2.45, 2.75) is 12.5 Å². The van der Waals surface area contributed by atoms with E-state index in [1.54, 1.807) is 22.7 Å². The van der Waals surface area contributed by atoms with Crippen LogP contribution in [0.1, 0.15) is 5.56 Å². The van der Waals surface area contributed by atoms with Gasteiger partial charge in [-0.25, -0.2) is 4.39 Å². The first kappa shape index (κ1) is 12.0. The van der Waals surface area contributed by atoms with E-state index in [4.69, 9.17) is 0 Å². The van der Waals surface area contributed by atoms with Crippen molar-refractivity contribution in [3.8, 4) is 0 Å². The van der Waals surface area contributed by atoms with Crippen molar-refractivity contribution in [1.29, 1.82) is 0 Å². The summed E-state index contributed by atoms with van der Waals surface area (Å²) in [6.07, 6.45) is 0.821.